The Hall–Kier alpha value is -1.85. The van der Waals surface area contributed by atoms with Crippen LogP contribution >= 0.6 is 0 Å². The largest absolute Gasteiger partial charge is 0.481 e. The van der Waals surface area contributed by atoms with Gasteiger partial charge in [0.25, 0.3) is 0 Å². The Kier molecular flexibility index (Phi) is 4.88. The Balaban J connectivity index is 2.52. The maximum Gasteiger partial charge on any atom is 0.311 e. The number of carboxylic acids is 1. The Morgan fingerprint density at radius 1 is 1.44 bits per heavy atom. The number of aromatic amines is 1. The van der Waals surface area contributed by atoms with Crippen molar-refractivity contribution in [2.24, 2.45) is 5.41 Å². The molecule has 0 unspecified atom stereocenters. The predicted octanol–water partition coefficient (Wildman–Crippen LogP) is 0.959. The first-order chi connectivity index (χ1) is 8.54. The summed E-state index contributed by atoms with van der Waals surface area (Å²) in [5, 5.41) is 18.3. The zero-order valence-corrected chi connectivity index (χ0v) is 10.7. The summed E-state index contributed by atoms with van der Waals surface area (Å²) >= 11 is 0. The summed E-state index contributed by atoms with van der Waals surface area (Å²) in [4.78, 5) is 22.9. The summed E-state index contributed by atoms with van der Waals surface area (Å²) in [5.41, 5.74) is -0.162. The molecule has 0 saturated carbocycles. The molecular weight excluding hydrogens is 234 g/mol. The van der Waals surface area contributed by atoms with Crippen molar-refractivity contribution in [1.82, 2.24) is 15.5 Å². The molecule has 0 saturated heterocycles. The fraction of sp³-hybridized carbons (Fsp3) is 0.583. The summed E-state index contributed by atoms with van der Waals surface area (Å²) in [6.07, 6.45) is 2.73. The third-order valence-corrected chi connectivity index (χ3v) is 3.34. The van der Waals surface area contributed by atoms with Crippen molar-refractivity contribution in [3.8, 4) is 0 Å². The molecule has 18 heavy (non-hydrogen) atoms. The van der Waals surface area contributed by atoms with Gasteiger partial charge in [0.1, 0.15) is 0 Å². The van der Waals surface area contributed by atoms with E-state index >= 15 is 0 Å². The molecule has 0 bridgehead atoms. The van der Waals surface area contributed by atoms with Gasteiger partial charge in [-0.1, -0.05) is 13.8 Å². The van der Waals surface area contributed by atoms with E-state index in [0.717, 1.165) is 0 Å². The number of aromatic nitrogens is 2. The highest BCUT2D eigenvalue weighted by molar-refractivity contribution is 5.80. The maximum absolute atomic E-state index is 11.7. The monoisotopic (exact) mass is 253 g/mol. The molecule has 6 heteroatoms. The van der Waals surface area contributed by atoms with Gasteiger partial charge in [-0.15, -0.1) is 0 Å². The van der Waals surface area contributed by atoms with Gasteiger partial charge in [0.2, 0.25) is 5.91 Å². The van der Waals surface area contributed by atoms with E-state index in [2.05, 4.69) is 15.5 Å². The van der Waals surface area contributed by atoms with E-state index in [1.807, 2.05) is 13.8 Å². The smallest absolute Gasteiger partial charge is 0.311 e. The van der Waals surface area contributed by atoms with Crippen LogP contribution in [0.1, 0.15) is 32.4 Å². The van der Waals surface area contributed by atoms with Gasteiger partial charge in [-0.25, -0.2) is 0 Å². The minimum atomic E-state index is -0.871. The van der Waals surface area contributed by atoms with Crippen LogP contribution in [0.15, 0.2) is 12.3 Å². The van der Waals surface area contributed by atoms with Gasteiger partial charge >= 0.3 is 5.97 Å². The molecule has 0 aromatic carbocycles. The minimum Gasteiger partial charge on any atom is -0.481 e. The van der Waals surface area contributed by atoms with E-state index in [-0.39, 0.29) is 18.9 Å². The van der Waals surface area contributed by atoms with Crippen LogP contribution in [0, 0.1) is 5.41 Å². The van der Waals surface area contributed by atoms with Gasteiger partial charge in [-0.2, -0.15) is 5.10 Å². The van der Waals surface area contributed by atoms with Gasteiger partial charge in [-0.3, -0.25) is 14.7 Å². The quantitative estimate of drug-likeness (QED) is 0.674. The predicted molar refractivity (Wildman–Crippen MR) is 66.0 cm³/mol. The van der Waals surface area contributed by atoms with Gasteiger partial charge in [-0.05, 0) is 18.9 Å². The highest BCUT2D eigenvalue weighted by Gasteiger charge is 2.35. The molecule has 1 amide bonds. The van der Waals surface area contributed by atoms with Crippen molar-refractivity contribution < 1.29 is 14.7 Å². The molecule has 6 nitrogen and oxygen atoms in total. The van der Waals surface area contributed by atoms with Crippen LogP contribution in [0.3, 0.4) is 0 Å². The van der Waals surface area contributed by atoms with Crippen molar-refractivity contribution in [2.45, 2.75) is 33.1 Å². The summed E-state index contributed by atoms with van der Waals surface area (Å²) in [6.45, 7) is 3.79. The van der Waals surface area contributed by atoms with Crippen LogP contribution in [-0.4, -0.2) is 33.7 Å². The van der Waals surface area contributed by atoms with Gasteiger partial charge < -0.3 is 10.4 Å². The van der Waals surface area contributed by atoms with Crippen LogP contribution in [0.2, 0.25) is 0 Å². The number of nitrogens with zero attached hydrogens (tertiary/aromatic N) is 1. The number of nitrogens with one attached hydrogen (secondary N) is 2. The first-order valence-electron chi connectivity index (χ1n) is 6.02. The Morgan fingerprint density at radius 3 is 2.56 bits per heavy atom. The van der Waals surface area contributed by atoms with E-state index in [1.54, 1.807) is 12.3 Å². The zero-order chi connectivity index (χ0) is 13.6. The Bertz CT molecular complexity index is 397. The number of amides is 1. The first-order valence-corrected chi connectivity index (χ1v) is 6.02. The second-order valence-corrected chi connectivity index (χ2v) is 4.33. The normalized spacial score (nSPS) is 11.2. The number of hydrogen-bond donors (Lipinski definition) is 3. The van der Waals surface area contributed by atoms with Crippen LogP contribution < -0.4 is 5.32 Å². The number of aliphatic carboxylic acids is 1. The number of carbonyl (C=O) groups excluding carboxylic acids is 1. The van der Waals surface area contributed by atoms with E-state index in [4.69, 9.17) is 0 Å². The molecule has 3 N–H and O–H groups in total. The molecule has 100 valence electrons. The van der Waals surface area contributed by atoms with Crippen molar-refractivity contribution in [3.05, 3.63) is 18.0 Å². The lowest BCUT2D eigenvalue weighted by molar-refractivity contribution is -0.149. The number of hydrogen-bond acceptors (Lipinski definition) is 3. The lowest BCUT2D eigenvalue weighted by Crippen LogP contribution is -2.42. The van der Waals surface area contributed by atoms with Crippen LogP contribution in [-0.2, 0) is 16.0 Å². The molecule has 0 aliphatic rings. The van der Waals surface area contributed by atoms with E-state index < -0.39 is 11.4 Å². The highest BCUT2D eigenvalue weighted by Crippen LogP contribution is 2.25. The van der Waals surface area contributed by atoms with Crippen molar-refractivity contribution >= 4 is 11.9 Å². The van der Waals surface area contributed by atoms with E-state index in [1.165, 1.54) is 0 Å². The van der Waals surface area contributed by atoms with Gasteiger partial charge in [0.15, 0.2) is 0 Å². The fourth-order valence-electron chi connectivity index (χ4n) is 1.76. The van der Waals surface area contributed by atoms with Crippen LogP contribution in [0.25, 0.3) is 0 Å². The van der Waals surface area contributed by atoms with Crippen molar-refractivity contribution in [2.75, 3.05) is 6.54 Å². The molecule has 1 aromatic rings. The lowest BCUT2D eigenvalue weighted by atomic mass is 9.82. The summed E-state index contributed by atoms with van der Waals surface area (Å²) in [5.74, 6) is -1.07. The Morgan fingerprint density at radius 2 is 2.11 bits per heavy atom. The zero-order valence-electron chi connectivity index (χ0n) is 10.7. The molecule has 1 heterocycles. The first kappa shape index (κ1) is 14.2. The molecule has 0 fully saturated rings. The average Bonchev–Trinajstić information content (AvgIpc) is 2.83. The molecule has 0 aliphatic carbocycles. The van der Waals surface area contributed by atoms with Crippen LogP contribution in [0.4, 0.5) is 0 Å². The third kappa shape index (κ3) is 3.32. The molecule has 0 aliphatic heterocycles. The number of H-pyrrole nitrogens is 1. The van der Waals surface area contributed by atoms with E-state index in [9.17, 15) is 14.7 Å². The lowest BCUT2D eigenvalue weighted by Gasteiger charge is -2.26. The second kappa shape index (κ2) is 6.18. The third-order valence-electron chi connectivity index (χ3n) is 3.34. The SMILES string of the molecule is CCC(CC)(CNC(=O)Cc1ccn[nH]1)C(=O)O. The van der Waals surface area contributed by atoms with Crippen molar-refractivity contribution in [1.29, 1.82) is 0 Å². The number of carbonyl (C=O) groups is 2. The van der Waals surface area contributed by atoms with Gasteiger partial charge in [0.05, 0.1) is 11.8 Å². The standard InChI is InChI=1S/C12H19N3O3/c1-3-12(4-2,11(17)18)8-13-10(16)7-9-5-6-14-15-9/h5-6H,3-4,7-8H2,1-2H3,(H,13,16)(H,14,15)(H,17,18). The second-order valence-electron chi connectivity index (χ2n) is 4.33. The van der Waals surface area contributed by atoms with Crippen molar-refractivity contribution in [3.63, 3.8) is 0 Å². The molecule has 0 spiro atoms. The van der Waals surface area contributed by atoms with E-state index in [0.29, 0.717) is 18.5 Å². The summed E-state index contributed by atoms with van der Waals surface area (Å²) < 4.78 is 0. The number of rotatable bonds is 7. The number of carboxylic acid groups (broad SMARTS) is 1. The molecule has 1 rings (SSSR count). The average molecular weight is 253 g/mol. The molecule has 1 aromatic heterocycles. The minimum absolute atomic E-state index is 0.155. The topological polar surface area (TPSA) is 95.1 Å². The molecule has 0 atom stereocenters. The van der Waals surface area contributed by atoms with Gasteiger partial charge in [0, 0.05) is 18.4 Å². The maximum atomic E-state index is 11.7. The summed E-state index contributed by atoms with van der Waals surface area (Å²) in [6, 6.07) is 1.71. The summed E-state index contributed by atoms with van der Waals surface area (Å²) in [7, 11) is 0. The van der Waals surface area contributed by atoms with Crippen LogP contribution in [0.5, 0.6) is 0 Å². The molecular formula is C12H19N3O3. The molecule has 0 radical (unpaired) electrons. The Labute approximate surface area is 106 Å². The fourth-order valence-corrected chi connectivity index (χ4v) is 1.76. The highest BCUT2D eigenvalue weighted by atomic mass is 16.4.